The van der Waals surface area contributed by atoms with Gasteiger partial charge in [-0.1, -0.05) is 0 Å². The zero-order valence-electron chi connectivity index (χ0n) is 12.9. The predicted octanol–water partition coefficient (Wildman–Crippen LogP) is 1.28. The number of amides is 1. The fraction of sp³-hybridized carbons (Fsp3) is 0.667. The fourth-order valence-corrected chi connectivity index (χ4v) is 3.85. The molecule has 6 nitrogen and oxygen atoms in total. The van der Waals surface area contributed by atoms with Gasteiger partial charge < -0.3 is 14.5 Å². The van der Waals surface area contributed by atoms with E-state index in [4.69, 9.17) is 4.74 Å². The van der Waals surface area contributed by atoms with Crippen LogP contribution in [-0.4, -0.2) is 65.6 Å². The molecule has 1 aromatic rings. The first-order chi connectivity index (χ1) is 10.8. The van der Waals surface area contributed by atoms with Crippen molar-refractivity contribution in [3.8, 4) is 5.75 Å². The minimum absolute atomic E-state index is 0.164. The van der Waals surface area contributed by atoms with Gasteiger partial charge in [-0.2, -0.15) is 11.8 Å². The van der Waals surface area contributed by atoms with Crippen molar-refractivity contribution in [3.05, 3.63) is 12.4 Å². The number of carbonyl (C=O) groups excluding carboxylic acids is 1. The number of methoxy groups -OCH3 is 1. The summed E-state index contributed by atoms with van der Waals surface area (Å²) in [6.07, 6.45) is 5.14. The minimum Gasteiger partial charge on any atom is -0.494 e. The van der Waals surface area contributed by atoms with Gasteiger partial charge in [0.25, 0.3) is 0 Å². The van der Waals surface area contributed by atoms with E-state index < -0.39 is 0 Å². The van der Waals surface area contributed by atoms with Gasteiger partial charge in [0.2, 0.25) is 11.9 Å². The Kier molecular flexibility index (Phi) is 5.02. The van der Waals surface area contributed by atoms with Gasteiger partial charge in [-0.15, -0.1) is 0 Å². The quantitative estimate of drug-likeness (QED) is 0.835. The zero-order valence-corrected chi connectivity index (χ0v) is 13.7. The van der Waals surface area contributed by atoms with E-state index in [2.05, 4.69) is 14.9 Å². The summed E-state index contributed by atoms with van der Waals surface area (Å²) in [7, 11) is 1.61. The van der Waals surface area contributed by atoms with Crippen molar-refractivity contribution in [2.75, 3.05) is 49.7 Å². The molecule has 0 bridgehead atoms. The Morgan fingerprint density at radius 3 is 2.41 bits per heavy atom. The second kappa shape index (κ2) is 7.17. The number of piperidine rings is 1. The second-order valence-electron chi connectivity index (χ2n) is 5.62. The Hall–Kier alpha value is -1.50. The van der Waals surface area contributed by atoms with Crippen LogP contribution in [0.4, 0.5) is 5.95 Å². The normalized spacial score (nSPS) is 20.0. The summed E-state index contributed by atoms with van der Waals surface area (Å²) < 4.78 is 5.08. The molecule has 1 amide bonds. The van der Waals surface area contributed by atoms with E-state index in [1.54, 1.807) is 19.5 Å². The molecule has 120 valence electrons. The molecule has 7 heteroatoms. The van der Waals surface area contributed by atoms with Crippen molar-refractivity contribution in [1.29, 1.82) is 0 Å². The lowest BCUT2D eigenvalue weighted by molar-refractivity contribution is -0.135. The van der Waals surface area contributed by atoms with Crippen molar-refractivity contribution in [2.24, 2.45) is 5.92 Å². The molecule has 0 aromatic carbocycles. The average Bonchev–Trinajstić information content (AvgIpc) is 2.62. The van der Waals surface area contributed by atoms with Crippen molar-refractivity contribution < 1.29 is 9.53 Å². The molecule has 0 aliphatic carbocycles. The molecule has 3 rings (SSSR count). The summed E-state index contributed by atoms with van der Waals surface area (Å²) in [5.74, 6) is 4.04. The lowest BCUT2D eigenvalue weighted by Crippen LogP contribution is -2.45. The molecule has 0 atom stereocenters. The van der Waals surface area contributed by atoms with Crippen molar-refractivity contribution in [3.63, 3.8) is 0 Å². The van der Waals surface area contributed by atoms with E-state index in [1.165, 1.54) is 0 Å². The van der Waals surface area contributed by atoms with Crippen LogP contribution in [0.2, 0.25) is 0 Å². The smallest absolute Gasteiger partial charge is 0.225 e. The average molecular weight is 322 g/mol. The van der Waals surface area contributed by atoms with E-state index in [-0.39, 0.29) is 5.92 Å². The largest absolute Gasteiger partial charge is 0.494 e. The summed E-state index contributed by atoms with van der Waals surface area (Å²) in [5, 5.41) is 0. The van der Waals surface area contributed by atoms with Crippen LogP contribution >= 0.6 is 11.8 Å². The Morgan fingerprint density at radius 2 is 1.82 bits per heavy atom. The molecule has 0 unspecified atom stereocenters. The molecular formula is C15H22N4O2S. The molecule has 0 radical (unpaired) electrons. The highest BCUT2D eigenvalue weighted by molar-refractivity contribution is 7.99. The number of nitrogens with zero attached hydrogens (tertiary/aromatic N) is 4. The molecule has 1 aromatic heterocycles. The van der Waals surface area contributed by atoms with Gasteiger partial charge in [-0.05, 0) is 12.8 Å². The van der Waals surface area contributed by atoms with Crippen LogP contribution in [0.1, 0.15) is 12.8 Å². The maximum atomic E-state index is 12.5. The molecule has 2 fully saturated rings. The number of rotatable bonds is 3. The Morgan fingerprint density at radius 1 is 1.18 bits per heavy atom. The number of carbonyl (C=O) groups is 1. The Bertz CT molecular complexity index is 497. The summed E-state index contributed by atoms with van der Waals surface area (Å²) in [5.41, 5.74) is 0. The summed E-state index contributed by atoms with van der Waals surface area (Å²) in [6, 6.07) is 0. The SMILES string of the molecule is COc1cnc(N2CCC(C(=O)N3CCSCC3)CC2)nc1. The number of ether oxygens (including phenoxy) is 1. The molecule has 2 saturated heterocycles. The highest BCUT2D eigenvalue weighted by atomic mass is 32.2. The first-order valence-corrected chi connectivity index (χ1v) is 8.91. The monoisotopic (exact) mass is 322 g/mol. The molecule has 0 spiro atoms. The lowest BCUT2D eigenvalue weighted by Gasteiger charge is -2.35. The maximum Gasteiger partial charge on any atom is 0.225 e. The first-order valence-electron chi connectivity index (χ1n) is 7.75. The van der Waals surface area contributed by atoms with E-state index >= 15 is 0 Å². The molecule has 22 heavy (non-hydrogen) atoms. The van der Waals surface area contributed by atoms with Gasteiger partial charge in [0.15, 0.2) is 5.75 Å². The molecule has 2 aliphatic rings. The Balaban J connectivity index is 1.54. The standard InChI is InChI=1S/C15H22N4O2S/c1-21-13-10-16-15(17-11-13)19-4-2-12(3-5-19)14(20)18-6-8-22-9-7-18/h10-12H,2-9H2,1H3. The zero-order chi connectivity index (χ0) is 15.4. The number of hydrogen-bond acceptors (Lipinski definition) is 6. The van der Waals surface area contributed by atoms with Gasteiger partial charge in [0, 0.05) is 43.6 Å². The molecule has 3 heterocycles. The minimum atomic E-state index is 0.164. The van der Waals surface area contributed by atoms with Gasteiger partial charge >= 0.3 is 0 Å². The third kappa shape index (κ3) is 3.45. The van der Waals surface area contributed by atoms with Crippen molar-refractivity contribution >= 4 is 23.6 Å². The highest BCUT2D eigenvalue weighted by Crippen LogP contribution is 2.24. The van der Waals surface area contributed by atoms with Gasteiger partial charge in [0.05, 0.1) is 19.5 Å². The third-order valence-corrected chi connectivity index (χ3v) is 5.24. The number of anilines is 1. The lowest BCUT2D eigenvalue weighted by atomic mass is 9.95. The second-order valence-corrected chi connectivity index (χ2v) is 6.85. The fourth-order valence-electron chi connectivity index (χ4n) is 2.95. The number of aromatic nitrogens is 2. The van der Waals surface area contributed by atoms with Crippen LogP contribution in [0.25, 0.3) is 0 Å². The number of hydrogen-bond donors (Lipinski definition) is 0. The van der Waals surface area contributed by atoms with Crippen LogP contribution in [0.15, 0.2) is 12.4 Å². The summed E-state index contributed by atoms with van der Waals surface area (Å²) >= 11 is 1.93. The molecule has 2 aliphatic heterocycles. The summed E-state index contributed by atoms with van der Waals surface area (Å²) in [4.78, 5) is 25.4. The van der Waals surface area contributed by atoms with Gasteiger partial charge in [-0.25, -0.2) is 9.97 Å². The number of thioether (sulfide) groups is 1. The maximum absolute atomic E-state index is 12.5. The van der Waals surface area contributed by atoms with Crippen LogP contribution in [0.3, 0.4) is 0 Å². The summed E-state index contributed by atoms with van der Waals surface area (Å²) in [6.45, 7) is 3.49. The van der Waals surface area contributed by atoms with E-state index in [0.29, 0.717) is 11.7 Å². The van der Waals surface area contributed by atoms with E-state index in [0.717, 1.165) is 56.5 Å². The highest BCUT2D eigenvalue weighted by Gasteiger charge is 2.29. The Labute approximate surface area is 135 Å². The van der Waals surface area contributed by atoms with E-state index in [9.17, 15) is 4.79 Å². The van der Waals surface area contributed by atoms with Crippen LogP contribution in [0, 0.1) is 5.92 Å². The molecule has 0 saturated carbocycles. The van der Waals surface area contributed by atoms with Gasteiger partial charge in [-0.3, -0.25) is 4.79 Å². The van der Waals surface area contributed by atoms with Crippen molar-refractivity contribution in [2.45, 2.75) is 12.8 Å². The third-order valence-electron chi connectivity index (χ3n) is 4.30. The van der Waals surface area contributed by atoms with E-state index in [1.807, 2.05) is 16.7 Å². The topological polar surface area (TPSA) is 58.6 Å². The van der Waals surface area contributed by atoms with Crippen LogP contribution < -0.4 is 9.64 Å². The first kappa shape index (κ1) is 15.4. The van der Waals surface area contributed by atoms with Gasteiger partial charge in [0.1, 0.15) is 0 Å². The van der Waals surface area contributed by atoms with Crippen molar-refractivity contribution in [1.82, 2.24) is 14.9 Å². The molecule has 0 N–H and O–H groups in total. The van der Waals surface area contributed by atoms with Crippen LogP contribution in [-0.2, 0) is 4.79 Å². The molecular weight excluding hydrogens is 300 g/mol. The predicted molar refractivity (Wildman–Crippen MR) is 87.4 cm³/mol. The van der Waals surface area contributed by atoms with Crippen LogP contribution in [0.5, 0.6) is 5.75 Å².